The van der Waals surface area contributed by atoms with Crippen molar-refractivity contribution in [3.05, 3.63) is 89.5 Å². The Labute approximate surface area is 171 Å². The van der Waals surface area contributed by atoms with E-state index in [9.17, 15) is 9.59 Å². The average Bonchev–Trinajstić information content (AvgIpc) is 2.70. The minimum atomic E-state index is -0.225. The van der Waals surface area contributed by atoms with E-state index in [1.54, 1.807) is 12.1 Å². The zero-order chi connectivity index (χ0) is 20.8. The summed E-state index contributed by atoms with van der Waals surface area (Å²) in [5.41, 5.74) is 4.88. The number of amides is 2. The van der Waals surface area contributed by atoms with Crippen molar-refractivity contribution in [3.63, 3.8) is 0 Å². The third kappa shape index (κ3) is 5.23. The lowest BCUT2D eigenvalue weighted by molar-refractivity contribution is -0.114. The number of aryl methyl sites for hydroxylation is 1. The number of para-hydroxylation sites is 2. The summed E-state index contributed by atoms with van der Waals surface area (Å²) < 4.78 is 0. The van der Waals surface area contributed by atoms with Gasteiger partial charge in [-0.2, -0.15) is 0 Å². The minimum absolute atomic E-state index is 0.168. The third-order valence-corrected chi connectivity index (χ3v) is 4.64. The molecule has 2 N–H and O–H groups in total. The molecule has 0 saturated heterocycles. The topological polar surface area (TPSA) is 61.4 Å². The first-order valence-corrected chi connectivity index (χ1v) is 9.47. The third-order valence-electron chi connectivity index (χ3n) is 4.64. The van der Waals surface area contributed by atoms with Gasteiger partial charge in [0.25, 0.3) is 5.91 Å². The fraction of sp³-hybridized carbons (Fsp3) is 0.167. The molecule has 0 aliphatic rings. The smallest absolute Gasteiger partial charge is 0.255 e. The molecule has 3 aromatic rings. The summed E-state index contributed by atoms with van der Waals surface area (Å²) in [7, 11) is 2.00. The molecule has 2 amide bonds. The fourth-order valence-electron chi connectivity index (χ4n) is 3.14. The van der Waals surface area contributed by atoms with E-state index in [2.05, 4.69) is 27.7 Å². The van der Waals surface area contributed by atoms with Gasteiger partial charge in [-0.25, -0.2) is 0 Å². The molecule has 3 rings (SSSR count). The van der Waals surface area contributed by atoms with E-state index in [1.807, 2.05) is 62.5 Å². The molecule has 5 nitrogen and oxygen atoms in total. The number of carbonyl (C=O) groups excluding carboxylic acids is 2. The van der Waals surface area contributed by atoms with Gasteiger partial charge in [-0.1, -0.05) is 48.5 Å². The first-order chi connectivity index (χ1) is 13.9. The molecule has 0 aliphatic carbocycles. The van der Waals surface area contributed by atoms with Crippen LogP contribution >= 0.6 is 0 Å². The Morgan fingerprint density at radius 2 is 1.55 bits per heavy atom. The maximum absolute atomic E-state index is 12.9. The van der Waals surface area contributed by atoms with Crippen molar-refractivity contribution in [2.24, 2.45) is 0 Å². The number of nitrogens with one attached hydrogen (secondary N) is 2. The van der Waals surface area contributed by atoms with Gasteiger partial charge in [0.1, 0.15) is 0 Å². The van der Waals surface area contributed by atoms with Gasteiger partial charge in [0.05, 0.1) is 11.4 Å². The first-order valence-electron chi connectivity index (χ1n) is 9.47. The summed E-state index contributed by atoms with van der Waals surface area (Å²) in [4.78, 5) is 26.3. The molecule has 0 bridgehead atoms. The molecule has 0 saturated carbocycles. The Morgan fingerprint density at radius 3 is 2.28 bits per heavy atom. The van der Waals surface area contributed by atoms with Crippen LogP contribution in [0.5, 0.6) is 0 Å². The predicted octanol–water partition coefficient (Wildman–Crippen LogP) is 4.84. The van der Waals surface area contributed by atoms with Crippen LogP contribution in [-0.2, 0) is 11.3 Å². The second kappa shape index (κ2) is 9.06. The van der Waals surface area contributed by atoms with Crippen LogP contribution < -0.4 is 15.5 Å². The zero-order valence-corrected chi connectivity index (χ0v) is 16.9. The van der Waals surface area contributed by atoms with Gasteiger partial charge >= 0.3 is 0 Å². The summed E-state index contributed by atoms with van der Waals surface area (Å²) in [6.07, 6.45) is 0. The normalized spacial score (nSPS) is 10.3. The van der Waals surface area contributed by atoms with Crippen molar-refractivity contribution in [1.82, 2.24) is 0 Å². The molecule has 0 aliphatic heterocycles. The van der Waals surface area contributed by atoms with Gasteiger partial charge in [0, 0.05) is 31.8 Å². The molecule has 5 heteroatoms. The van der Waals surface area contributed by atoms with Gasteiger partial charge < -0.3 is 15.5 Å². The molecule has 0 aromatic heterocycles. The van der Waals surface area contributed by atoms with Gasteiger partial charge in [0.15, 0.2) is 0 Å². The van der Waals surface area contributed by atoms with E-state index < -0.39 is 0 Å². The highest BCUT2D eigenvalue weighted by atomic mass is 16.2. The van der Waals surface area contributed by atoms with E-state index in [-0.39, 0.29) is 11.8 Å². The van der Waals surface area contributed by atoms with Crippen LogP contribution in [0.3, 0.4) is 0 Å². The van der Waals surface area contributed by atoms with Crippen LogP contribution in [0.15, 0.2) is 72.8 Å². The lowest BCUT2D eigenvalue weighted by Crippen LogP contribution is -2.20. The SMILES string of the molecule is CC(=O)Nc1cc(C(=O)Nc2ccccc2N(C)Cc2ccccc2)ccc1C. The summed E-state index contributed by atoms with van der Waals surface area (Å²) in [6.45, 7) is 4.07. The second-order valence-corrected chi connectivity index (χ2v) is 7.02. The highest BCUT2D eigenvalue weighted by Crippen LogP contribution is 2.27. The van der Waals surface area contributed by atoms with Gasteiger partial charge in [0.2, 0.25) is 5.91 Å². The highest BCUT2D eigenvalue weighted by Gasteiger charge is 2.13. The lowest BCUT2D eigenvalue weighted by atomic mass is 10.1. The van der Waals surface area contributed by atoms with Crippen LogP contribution in [0.4, 0.5) is 17.1 Å². The predicted molar refractivity (Wildman–Crippen MR) is 118 cm³/mol. The van der Waals surface area contributed by atoms with Crippen LogP contribution in [0, 0.1) is 6.92 Å². The van der Waals surface area contributed by atoms with E-state index in [0.29, 0.717) is 11.3 Å². The van der Waals surface area contributed by atoms with Crippen LogP contribution in [0.2, 0.25) is 0 Å². The number of hydrogen-bond acceptors (Lipinski definition) is 3. The van der Waals surface area contributed by atoms with Crippen molar-refractivity contribution in [2.75, 3.05) is 22.6 Å². The highest BCUT2D eigenvalue weighted by molar-refractivity contribution is 6.07. The summed E-state index contributed by atoms with van der Waals surface area (Å²) >= 11 is 0. The number of hydrogen-bond donors (Lipinski definition) is 2. The zero-order valence-electron chi connectivity index (χ0n) is 16.9. The Balaban J connectivity index is 1.80. The average molecular weight is 387 g/mol. The van der Waals surface area contributed by atoms with Crippen molar-refractivity contribution < 1.29 is 9.59 Å². The minimum Gasteiger partial charge on any atom is -0.369 e. The molecule has 148 valence electrons. The monoisotopic (exact) mass is 387 g/mol. The maximum atomic E-state index is 12.9. The maximum Gasteiger partial charge on any atom is 0.255 e. The van der Waals surface area contributed by atoms with Crippen molar-refractivity contribution in [1.29, 1.82) is 0 Å². The molecule has 0 unspecified atom stereocenters. The van der Waals surface area contributed by atoms with E-state index >= 15 is 0 Å². The number of anilines is 3. The number of carbonyl (C=O) groups is 2. The molecule has 0 spiro atoms. The molecule has 0 radical (unpaired) electrons. The van der Waals surface area contributed by atoms with Crippen LogP contribution in [0.25, 0.3) is 0 Å². The summed E-state index contributed by atoms with van der Waals surface area (Å²) in [5.74, 6) is -0.393. The molecule has 0 atom stereocenters. The van der Waals surface area contributed by atoms with Gasteiger partial charge in [-0.3, -0.25) is 9.59 Å². The van der Waals surface area contributed by atoms with Crippen molar-refractivity contribution >= 4 is 28.9 Å². The van der Waals surface area contributed by atoms with Crippen LogP contribution in [0.1, 0.15) is 28.4 Å². The molecule has 0 fully saturated rings. The van der Waals surface area contributed by atoms with Crippen molar-refractivity contribution in [3.8, 4) is 0 Å². The standard InChI is InChI=1S/C24H25N3O2/c1-17-13-14-20(15-22(17)25-18(2)28)24(29)26-21-11-7-8-12-23(21)27(3)16-19-9-5-4-6-10-19/h4-15H,16H2,1-3H3,(H,25,28)(H,26,29). The molecule has 29 heavy (non-hydrogen) atoms. The van der Waals surface area contributed by atoms with E-state index in [0.717, 1.165) is 23.5 Å². The lowest BCUT2D eigenvalue weighted by Gasteiger charge is -2.23. The number of nitrogens with zero attached hydrogens (tertiary/aromatic N) is 1. The number of rotatable bonds is 6. The summed E-state index contributed by atoms with van der Waals surface area (Å²) in [6, 6.07) is 23.2. The molecule has 3 aromatic carbocycles. The Morgan fingerprint density at radius 1 is 0.862 bits per heavy atom. The molecular weight excluding hydrogens is 362 g/mol. The number of benzene rings is 3. The summed E-state index contributed by atoms with van der Waals surface area (Å²) in [5, 5.41) is 5.76. The molecular formula is C24H25N3O2. The Kier molecular flexibility index (Phi) is 6.29. The van der Waals surface area contributed by atoms with Gasteiger partial charge in [-0.15, -0.1) is 0 Å². The molecule has 0 heterocycles. The second-order valence-electron chi connectivity index (χ2n) is 7.02. The van der Waals surface area contributed by atoms with Crippen LogP contribution in [-0.4, -0.2) is 18.9 Å². The largest absolute Gasteiger partial charge is 0.369 e. The van der Waals surface area contributed by atoms with Crippen molar-refractivity contribution in [2.45, 2.75) is 20.4 Å². The van der Waals surface area contributed by atoms with E-state index in [1.165, 1.54) is 12.5 Å². The Bertz CT molecular complexity index is 1020. The first kappa shape index (κ1) is 20.1. The Hall–Kier alpha value is -3.60. The van der Waals surface area contributed by atoms with Gasteiger partial charge in [-0.05, 0) is 42.3 Å². The van der Waals surface area contributed by atoms with E-state index in [4.69, 9.17) is 0 Å². The quantitative estimate of drug-likeness (QED) is 0.636. The fourth-order valence-corrected chi connectivity index (χ4v) is 3.14.